The van der Waals surface area contributed by atoms with E-state index in [4.69, 9.17) is 18.9 Å². The molecule has 5 unspecified atom stereocenters. The second-order valence-electron chi connectivity index (χ2n) is 6.73. The molecule has 2 aliphatic rings. The molecule has 2 bridgehead atoms. The average Bonchev–Trinajstić information content (AvgIpc) is 2.85. The summed E-state index contributed by atoms with van der Waals surface area (Å²) in [6, 6.07) is 8.45. The molecule has 27 heavy (non-hydrogen) atoms. The van der Waals surface area contributed by atoms with Crippen LogP contribution in [0, 0.1) is 0 Å². The molecule has 148 valence electrons. The first-order valence-corrected chi connectivity index (χ1v) is 9.07. The minimum Gasteiger partial charge on any atom is -0.462 e. The van der Waals surface area contributed by atoms with Crippen molar-refractivity contribution >= 4 is 11.9 Å². The molecule has 3 rings (SSSR count). The molecule has 2 N–H and O–H groups in total. The summed E-state index contributed by atoms with van der Waals surface area (Å²) in [7, 11) is 0. The lowest BCUT2D eigenvalue weighted by Crippen LogP contribution is -2.56. The van der Waals surface area contributed by atoms with Crippen LogP contribution >= 0.6 is 0 Å². The van der Waals surface area contributed by atoms with Crippen molar-refractivity contribution in [1.29, 1.82) is 0 Å². The second-order valence-corrected chi connectivity index (χ2v) is 6.73. The molecule has 5 atom stereocenters. The van der Waals surface area contributed by atoms with Crippen LogP contribution in [0.2, 0.25) is 0 Å². The van der Waals surface area contributed by atoms with Gasteiger partial charge in [-0.3, -0.25) is 0 Å². The highest BCUT2D eigenvalue weighted by molar-refractivity contribution is 5.89. The third-order valence-corrected chi connectivity index (χ3v) is 4.68. The fourth-order valence-corrected chi connectivity index (χ4v) is 3.18. The van der Waals surface area contributed by atoms with E-state index in [1.165, 1.54) is 0 Å². The van der Waals surface area contributed by atoms with E-state index >= 15 is 0 Å². The number of hydrogen-bond donors (Lipinski definition) is 2. The molecule has 0 aliphatic carbocycles. The van der Waals surface area contributed by atoms with Crippen LogP contribution in [0.1, 0.15) is 36.5 Å². The Morgan fingerprint density at radius 1 is 1.26 bits per heavy atom. The fourth-order valence-electron chi connectivity index (χ4n) is 3.18. The predicted molar refractivity (Wildman–Crippen MR) is 91.7 cm³/mol. The first kappa shape index (κ1) is 19.8. The van der Waals surface area contributed by atoms with E-state index in [1.807, 2.05) is 6.92 Å². The van der Waals surface area contributed by atoms with Gasteiger partial charge in [0, 0.05) is 6.42 Å². The highest BCUT2D eigenvalue weighted by Crippen LogP contribution is 2.38. The first-order chi connectivity index (χ1) is 12.9. The Kier molecular flexibility index (Phi) is 6.11. The van der Waals surface area contributed by atoms with Gasteiger partial charge in [-0.15, -0.1) is 0 Å². The Balaban J connectivity index is 1.59. The van der Waals surface area contributed by atoms with E-state index in [1.54, 1.807) is 30.3 Å². The van der Waals surface area contributed by atoms with Crippen molar-refractivity contribution in [2.24, 2.45) is 0 Å². The van der Waals surface area contributed by atoms with E-state index in [0.29, 0.717) is 12.0 Å². The molecule has 8 nitrogen and oxygen atoms in total. The number of carbonyl (C=O) groups is 2. The standard InChI is InChI=1S/C19H24O8/c1-2-3-9-24-18(22)19(23)10-13-15(20)16(27-19)14(26-13)11-25-17(21)12-7-5-4-6-8-12/h4-8,13-16,20,23H,2-3,9-11H2,1H3. The van der Waals surface area contributed by atoms with Crippen molar-refractivity contribution in [2.45, 2.75) is 56.4 Å². The van der Waals surface area contributed by atoms with Gasteiger partial charge in [0.1, 0.15) is 24.9 Å². The van der Waals surface area contributed by atoms with Crippen molar-refractivity contribution in [1.82, 2.24) is 0 Å². The molecule has 1 aromatic carbocycles. The van der Waals surface area contributed by atoms with Gasteiger partial charge in [0.05, 0.1) is 18.3 Å². The third kappa shape index (κ3) is 4.30. The molecular formula is C19H24O8. The first-order valence-electron chi connectivity index (χ1n) is 9.07. The zero-order valence-electron chi connectivity index (χ0n) is 15.1. The number of ether oxygens (including phenoxy) is 4. The van der Waals surface area contributed by atoms with E-state index in [-0.39, 0.29) is 19.6 Å². The smallest absolute Gasteiger partial charge is 0.366 e. The predicted octanol–water partition coefficient (Wildman–Crippen LogP) is 0.792. The number of aliphatic hydroxyl groups excluding tert-OH is 1. The molecule has 2 aliphatic heterocycles. The van der Waals surface area contributed by atoms with E-state index in [2.05, 4.69) is 0 Å². The highest BCUT2D eigenvalue weighted by atomic mass is 16.7. The van der Waals surface area contributed by atoms with Crippen LogP contribution in [0.3, 0.4) is 0 Å². The average molecular weight is 380 g/mol. The molecule has 0 spiro atoms. The van der Waals surface area contributed by atoms with Gasteiger partial charge in [0.25, 0.3) is 5.79 Å². The summed E-state index contributed by atoms with van der Waals surface area (Å²) < 4.78 is 21.3. The van der Waals surface area contributed by atoms with Crippen LogP contribution in [0.5, 0.6) is 0 Å². The number of rotatable bonds is 7. The number of aliphatic hydroxyl groups is 2. The molecule has 2 saturated heterocycles. The van der Waals surface area contributed by atoms with E-state index in [0.717, 1.165) is 6.42 Å². The number of fused-ring (bicyclic) bond motifs is 2. The number of carbonyl (C=O) groups excluding carboxylic acids is 2. The fraction of sp³-hybridized carbons (Fsp3) is 0.579. The molecule has 2 heterocycles. The Hall–Kier alpha value is -2.00. The molecule has 0 saturated carbocycles. The van der Waals surface area contributed by atoms with Crippen LogP contribution in [0.15, 0.2) is 30.3 Å². The summed E-state index contributed by atoms with van der Waals surface area (Å²) in [5.41, 5.74) is 0.385. The Labute approximate surface area is 157 Å². The van der Waals surface area contributed by atoms with Crippen molar-refractivity contribution in [3.63, 3.8) is 0 Å². The Morgan fingerprint density at radius 2 is 2.00 bits per heavy atom. The summed E-state index contributed by atoms with van der Waals surface area (Å²) in [5.74, 6) is -3.62. The van der Waals surface area contributed by atoms with Crippen LogP contribution in [-0.2, 0) is 23.7 Å². The van der Waals surface area contributed by atoms with Gasteiger partial charge in [0.2, 0.25) is 0 Å². The minimum atomic E-state index is -2.18. The molecule has 8 heteroatoms. The normalized spacial score (nSPS) is 32.1. The molecule has 0 amide bonds. The second kappa shape index (κ2) is 8.35. The topological polar surface area (TPSA) is 112 Å². The lowest BCUT2D eigenvalue weighted by Gasteiger charge is -2.36. The van der Waals surface area contributed by atoms with Crippen molar-refractivity contribution in [2.75, 3.05) is 13.2 Å². The van der Waals surface area contributed by atoms with E-state index in [9.17, 15) is 19.8 Å². The number of esters is 2. The zero-order valence-corrected chi connectivity index (χ0v) is 15.1. The monoisotopic (exact) mass is 380 g/mol. The maximum Gasteiger partial charge on any atom is 0.366 e. The quantitative estimate of drug-likeness (QED) is 0.528. The van der Waals surface area contributed by atoms with Crippen LogP contribution in [0.4, 0.5) is 0 Å². The summed E-state index contributed by atoms with van der Waals surface area (Å²) in [5, 5.41) is 20.8. The van der Waals surface area contributed by atoms with Crippen LogP contribution in [0.25, 0.3) is 0 Å². The van der Waals surface area contributed by atoms with Crippen LogP contribution < -0.4 is 0 Å². The summed E-state index contributed by atoms with van der Waals surface area (Å²) in [4.78, 5) is 24.2. The SMILES string of the molecule is CCCCOC(=O)C1(O)CC2OC(COC(=O)c3ccccc3)C(O1)C2O. The molecule has 1 aromatic rings. The number of unbranched alkanes of at least 4 members (excludes halogenated alkanes) is 1. The lowest BCUT2D eigenvalue weighted by molar-refractivity contribution is -0.272. The maximum atomic E-state index is 12.2. The van der Waals surface area contributed by atoms with Gasteiger partial charge < -0.3 is 29.2 Å². The summed E-state index contributed by atoms with van der Waals surface area (Å²) >= 11 is 0. The number of benzene rings is 1. The van der Waals surface area contributed by atoms with Gasteiger partial charge in [0.15, 0.2) is 0 Å². The van der Waals surface area contributed by atoms with Crippen LogP contribution in [-0.4, -0.2) is 65.6 Å². The Morgan fingerprint density at radius 3 is 2.70 bits per heavy atom. The van der Waals surface area contributed by atoms with E-state index < -0.39 is 42.1 Å². The lowest BCUT2D eigenvalue weighted by atomic mass is 9.96. The molecule has 2 fully saturated rings. The van der Waals surface area contributed by atoms with Crippen molar-refractivity contribution < 1.29 is 38.7 Å². The summed E-state index contributed by atoms with van der Waals surface area (Å²) in [6.07, 6.45) is -2.38. The largest absolute Gasteiger partial charge is 0.462 e. The number of hydrogen-bond acceptors (Lipinski definition) is 8. The maximum absolute atomic E-state index is 12.2. The van der Waals surface area contributed by atoms with Gasteiger partial charge in [-0.25, -0.2) is 9.59 Å². The van der Waals surface area contributed by atoms with Gasteiger partial charge >= 0.3 is 11.9 Å². The molecular weight excluding hydrogens is 356 g/mol. The molecule has 0 radical (unpaired) electrons. The van der Waals surface area contributed by atoms with Crippen molar-refractivity contribution in [3.05, 3.63) is 35.9 Å². The third-order valence-electron chi connectivity index (χ3n) is 4.68. The van der Waals surface area contributed by atoms with Crippen molar-refractivity contribution in [3.8, 4) is 0 Å². The highest BCUT2D eigenvalue weighted by Gasteiger charge is 2.59. The molecule has 0 aromatic heterocycles. The van der Waals surface area contributed by atoms with Gasteiger partial charge in [-0.1, -0.05) is 31.5 Å². The minimum absolute atomic E-state index is 0.174. The summed E-state index contributed by atoms with van der Waals surface area (Å²) in [6.45, 7) is 1.95. The zero-order chi connectivity index (χ0) is 19.4. The Bertz CT molecular complexity index is 663. The van der Waals surface area contributed by atoms with Gasteiger partial charge in [-0.2, -0.15) is 0 Å². The van der Waals surface area contributed by atoms with Gasteiger partial charge in [-0.05, 0) is 18.6 Å².